The minimum atomic E-state index is -0.0324. The van der Waals surface area contributed by atoms with Crippen LogP contribution in [0.25, 0.3) is 0 Å². The molecule has 0 fully saturated rings. The Bertz CT molecular complexity index is 118. The molecule has 0 rings (SSSR count). The molecule has 0 saturated carbocycles. The van der Waals surface area contributed by atoms with Gasteiger partial charge in [0.05, 0.1) is 26.4 Å². The Hall–Kier alpha value is -0.200. The van der Waals surface area contributed by atoms with Crippen molar-refractivity contribution in [1.29, 1.82) is 0 Å². The maximum Gasteiger partial charge on any atom is 0.104 e. The van der Waals surface area contributed by atoms with E-state index < -0.39 is 0 Å². The Kier molecular flexibility index (Phi) is 14.6. The Balaban J connectivity index is 0. The Morgan fingerprint density at radius 1 is 0.688 bits per heavy atom. The van der Waals surface area contributed by atoms with Crippen LogP contribution >= 0.6 is 0 Å². The van der Waals surface area contributed by atoms with Gasteiger partial charge in [-0.1, -0.05) is 7.43 Å². The van der Waals surface area contributed by atoms with Crippen molar-refractivity contribution < 1.29 is 23.7 Å². The molecule has 0 aliphatic heterocycles. The molecule has 0 radical (unpaired) electrons. The van der Waals surface area contributed by atoms with E-state index in [2.05, 4.69) is 0 Å². The van der Waals surface area contributed by atoms with E-state index in [-0.39, 0.29) is 19.6 Å². The second-order valence-corrected chi connectivity index (χ2v) is 3.16. The summed E-state index contributed by atoms with van der Waals surface area (Å²) in [5.41, 5.74) is 0. The largest absolute Gasteiger partial charge is 0.382 e. The highest BCUT2D eigenvalue weighted by Crippen LogP contribution is 1.96. The van der Waals surface area contributed by atoms with Gasteiger partial charge in [0.15, 0.2) is 0 Å². The molecule has 2 unspecified atom stereocenters. The van der Waals surface area contributed by atoms with E-state index in [1.807, 2.05) is 0 Å². The normalized spacial score (nSPS) is 14.2. The van der Waals surface area contributed by atoms with Crippen molar-refractivity contribution in [3.63, 3.8) is 0 Å². The zero-order valence-corrected chi connectivity index (χ0v) is 10.0. The minimum Gasteiger partial charge on any atom is -0.382 e. The van der Waals surface area contributed by atoms with Gasteiger partial charge in [-0.3, -0.25) is 0 Å². The zero-order valence-electron chi connectivity index (χ0n) is 10.0. The highest BCUT2D eigenvalue weighted by atomic mass is 16.6. The standard InChI is InChI=1S/C10H22O5.CH4/c1-11-5-9(13-3)7-15-8-10(14-4)6-12-2;/h9-10H,5-8H2,1-4H3;1H4. The third-order valence-corrected chi connectivity index (χ3v) is 1.98. The maximum absolute atomic E-state index is 5.43. The van der Waals surface area contributed by atoms with Crippen LogP contribution in [0.3, 0.4) is 0 Å². The van der Waals surface area contributed by atoms with Gasteiger partial charge in [0, 0.05) is 28.4 Å². The molecule has 0 N–H and O–H groups in total. The summed E-state index contributed by atoms with van der Waals surface area (Å²) in [6.07, 6.45) is -0.0647. The van der Waals surface area contributed by atoms with E-state index in [4.69, 9.17) is 23.7 Å². The third kappa shape index (κ3) is 9.06. The topological polar surface area (TPSA) is 46.2 Å². The molecule has 2 atom stereocenters. The zero-order chi connectivity index (χ0) is 11.5. The molecule has 0 heterocycles. The third-order valence-electron chi connectivity index (χ3n) is 1.98. The monoisotopic (exact) mass is 238 g/mol. The summed E-state index contributed by atoms with van der Waals surface area (Å²) >= 11 is 0. The van der Waals surface area contributed by atoms with Crippen molar-refractivity contribution in [2.75, 3.05) is 54.9 Å². The predicted octanol–water partition coefficient (Wildman–Crippen LogP) is 0.962. The van der Waals surface area contributed by atoms with Gasteiger partial charge in [-0.15, -0.1) is 0 Å². The second kappa shape index (κ2) is 12.9. The fourth-order valence-electron chi connectivity index (χ4n) is 1.07. The quantitative estimate of drug-likeness (QED) is 0.567. The van der Waals surface area contributed by atoms with Crippen LogP contribution in [-0.2, 0) is 23.7 Å². The molecule has 0 bridgehead atoms. The number of hydrogen-bond donors (Lipinski definition) is 0. The average Bonchev–Trinajstić information content (AvgIpc) is 2.26. The van der Waals surface area contributed by atoms with E-state index in [0.717, 1.165) is 0 Å². The maximum atomic E-state index is 5.43. The molecule has 0 aliphatic rings. The number of rotatable bonds is 10. The molecule has 5 heteroatoms. The van der Waals surface area contributed by atoms with Gasteiger partial charge in [-0.05, 0) is 0 Å². The van der Waals surface area contributed by atoms with Crippen LogP contribution in [0, 0.1) is 0 Å². The lowest BCUT2D eigenvalue weighted by Gasteiger charge is -2.18. The van der Waals surface area contributed by atoms with Crippen molar-refractivity contribution in [3.05, 3.63) is 0 Å². The van der Waals surface area contributed by atoms with Gasteiger partial charge in [0.2, 0.25) is 0 Å². The Labute approximate surface area is 99.0 Å². The highest BCUT2D eigenvalue weighted by Gasteiger charge is 2.10. The molecule has 0 aromatic carbocycles. The number of hydrogen-bond acceptors (Lipinski definition) is 5. The lowest BCUT2D eigenvalue weighted by atomic mass is 10.4. The first-order valence-corrected chi connectivity index (χ1v) is 4.89. The molecule has 5 nitrogen and oxygen atoms in total. The summed E-state index contributed by atoms with van der Waals surface area (Å²) in [5.74, 6) is 0. The lowest BCUT2D eigenvalue weighted by Crippen LogP contribution is -2.29. The van der Waals surface area contributed by atoms with E-state index in [1.165, 1.54) is 0 Å². The first-order chi connectivity index (χ1) is 7.28. The summed E-state index contributed by atoms with van der Waals surface area (Å²) < 4.78 is 25.7. The second-order valence-electron chi connectivity index (χ2n) is 3.16. The molecule has 0 aromatic rings. The molecular weight excluding hydrogens is 212 g/mol. The number of methoxy groups -OCH3 is 4. The fraction of sp³-hybridized carbons (Fsp3) is 1.00. The molecule has 16 heavy (non-hydrogen) atoms. The van der Waals surface area contributed by atoms with Crippen LogP contribution in [-0.4, -0.2) is 67.1 Å². The van der Waals surface area contributed by atoms with Gasteiger partial charge in [0.25, 0.3) is 0 Å². The Morgan fingerprint density at radius 3 is 1.31 bits per heavy atom. The summed E-state index contributed by atoms with van der Waals surface area (Å²) in [6.45, 7) is 2.04. The van der Waals surface area contributed by atoms with Crippen molar-refractivity contribution in [2.45, 2.75) is 19.6 Å². The summed E-state index contributed by atoms with van der Waals surface area (Å²) in [6, 6.07) is 0. The van der Waals surface area contributed by atoms with Gasteiger partial charge < -0.3 is 23.7 Å². The first-order valence-electron chi connectivity index (χ1n) is 4.89. The summed E-state index contributed by atoms with van der Waals surface area (Å²) in [5, 5.41) is 0. The van der Waals surface area contributed by atoms with E-state index in [9.17, 15) is 0 Å². The molecule has 0 aliphatic carbocycles. The van der Waals surface area contributed by atoms with Gasteiger partial charge in [-0.25, -0.2) is 0 Å². The van der Waals surface area contributed by atoms with E-state index >= 15 is 0 Å². The van der Waals surface area contributed by atoms with Crippen molar-refractivity contribution in [2.24, 2.45) is 0 Å². The fourth-order valence-corrected chi connectivity index (χ4v) is 1.07. The molecule has 100 valence electrons. The minimum absolute atomic E-state index is 0. The van der Waals surface area contributed by atoms with Gasteiger partial charge in [-0.2, -0.15) is 0 Å². The smallest absolute Gasteiger partial charge is 0.104 e. The average molecular weight is 238 g/mol. The predicted molar refractivity (Wildman–Crippen MR) is 62.9 cm³/mol. The van der Waals surface area contributed by atoms with Crippen LogP contribution in [0.1, 0.15) is 7.43 Å². The molecule has 0 amide bonds. The SMILES string of the molecule is C.COCC(COCC(COC)OC)OC. The van der Waals surface area contributed by atoms with Crippen LogP contribution in [0.15, 0.2) is 0 Å². The van der Waals surface area contributed by atoms with E-state index in [1.54, 1.807) is 28.4 Å². The summed E-state index contributed by atoms with van der Waals surface area (Å²) in [7, 11) is 6.54. The van der Waals surface area contributed by atoms with Crippen LogP contribution in [0.4, 0.5) is 0 Å². The van der Waals surface area contributed by atoms with Crippen molar-refractivity contribution in [3.8, 4) is 0 Å². The van der Waals surface area contributed by atoms with Crippen molar-refractivity contribution in [1.82, 2.24) is 0 Å². The highest BCUT2D eigenvalue weighted by molar-refractivity contribution is 4.57. The van der Waals surface area contributed by atoms with E-state index in [0.29, 0.717) is 26.4 Å². The summed E-state index contributed by atoms with van der Waals surface area (Å²) in [4.78, 5) is 0. The first kappa shape index (κ1) is 18.2. The lowest BCUT2D eigenvalue weighted by molar-refractivity contribution is -0.0690. The van der Waals surface area contributed by atoms with Crippen molar-refractivity contribution >= 4 is 0 Å². The molecule has 0 spiro atoms. The molecule has 0 aromatic heterocycles. The van der Waals surface area contributed by atoms with Crippen LogP contribution in [0.2, 0.25) is 0 Å². The van der Waals surface area contributed by atoms with Gasteiger partial charge >= 0.3 is 0 Å². The number of ether oxygens (including phenoxy) is 5. The van der Waals surface area contributed by atoms with Crippen LogP contribution < -0.4 is 0 Å². The Morgan fingerprint density at radius 2 is 1.06 bits per heavy atom. The van der Waals surface area contributed by atoms with Gasteiger partial charge in [0.1, 0.15) is 12.2 Å². The van der Waals surface area contributed by atoms with Crippen LogP contribution in [0.5, 0.6) is 0 Å². The molecule has 0 saturated heterocycles. The molecular formula is C11H26O5.